The molecule has 2 aromatic carbocycles. The summed E-state index contributed by atoms with van der Waals surface area (Å²) < 4.78 is 6.99. The summed E-state index contributed by atoms with van der Waals surface area (Å²) in [7, 11) is 0. The van der Waals surface area contributed by atoms with Crippen LogP contribution in [0.1, 0.15) is 20.8 Å². The average Bonchev–Trinajstić information content (AvgIpc) is 3.38. The molecule has 0 unspecified atom stereocenters. The standard InChI is InChI=1S/C29H32N6O2S/c1-5-25(36)30-21-7-6-8-23(19-21)37-27-26-24(13-18-38-26)32-28(33-27)31-20-9-11-22(12-10-20)34-14-16-35(17-15-34)29(2,3)4/h5-13,18-19H,1,14-17H2,2-4H3,(H,30,36)(H,31,32,33). The summed E-state index contributed by atoms with van der Waals surface area (Å²) in [5.74, 6) is 1.18. The quantitative estimate of drug-likeness (QED) is 0.274. The molecule has 0 saturated carbocycles. The highest BCUT2D eigenvalue weighted by molar-refractivity contribution is 7.17. The van der Waals surface area contributed by atoms with E-state index < -0.39 is 0 Å². The lowest BCUT2D eigenvalue weighted by Crippen LogP contribution is -2.53. The van der Waals surface area contributed by atoms with E-state index in [4.69, 9.17) is 4.74 Å². The van der Waals surface area contributed by atoms with Crippen LogP contribution >= 0.6 is 11.3 Å². The summed E-state index contributed by atoms with van der Waals surface area (Å²) >= 11 is 1.52. The van der Waals surface area contributed by atoms with E-state index in [1.807, 2.05) is 23.6 Å². The first-order chi connectivity index (χ1) is 18.3. The molecule has 1 saturated heterocycles. The van der Waals surface area contributed by atoms with E-state index in [0.717, 1.165) is 42.1 Å². The highest BCUT2D eigenvalue weighted by Crippen LogP contribution is 2.34. The molecule has 3 heterocycles. The number of hydrogen-bond donors (Lipinski definition) is 2. The van der Waals surface area contributed by atoms with Crippen LogP contribution in [0.3, 0.4) is 0 Å². The molecule has 1 aliphatic rings. The highest BCUT2D eigenvalue weighted by Gasteiger charge is 2.25. The Hall–Kier alpha value is -3.95. The number of carbonyl (C=O) groups is 1. The van der Waals surface area contributed by atoms with Crippen molar-refractivity contribution in [3.05, 3.63) is 72.6 Å². The molecule has 0 radical (unpaired) electrons. The van der Waals surface area contributed by atoms with E-state index in [0.29, 0.717) is 23.3 Å². The molecule has 0 bridgehead atoms. The zero-order chi connectivity index (χ0) is 26.7. The fourth-order valence-corrected chi connectivity index (χ4v) is 5.18. The number of piperazine rings is 1. The SMILES string of the molecule is C=CC(=O)Nc1cccc(Oc2nc(Nc3ccc(N4CCN(C(C)(C)C)CC4)cc3)nc3ccsc23)c1. The van der Waals surface area contributed by atoms with Crippen molar-refractivity contribution >= 4 is 50.5 Å². The smallest absolute Gasteiger partial charge is 0.247 e. The van der Waals surface area contributed by atoms with Crippen molar-refractivity contribution in [3.8, 4) is 11.6 Å². The molecule has 8 nitrogen and oxygen atoms in total. The van der Waals surface area contributed by atoms with Crippen LogP contribution in [0.2, 0.25) is 0 Å². The molecule has 0 atom stereocenters. The Kier molecular flexibility index (Phi) is 7.31. The van der Waals surface area contributed by atoms with Crippen molar-refractivity contribution in [1.82, 2.24) is 14.9 Å². The molecule has 9 heteroatoms. The summed E-state index contributed by atoms with van der Waals surface area (Å²) in [5, 5.41) is 8.03. The fourth-order valence-electron chi connectivity index (χ4n) is 4.42. The largest absolute Gasteiger partial charge is 0.437 e. The first kappa shape index (κ1) is 25.7. The van der Waals surface area contributed by atoms with Crippen LogP contribution in [0.5, 0.6) is 11.6 Å². The van der Waals surface area contributed by atoms with Crippen LogP contribution in [0.25, 0.3) is 10.2 Å². The van der Waals surface area contributed by atoms with Gasteiger partial charge in [-0.3, -0.25) is 9.69 Å². The summed E-state index contributed by atoms with van der Waals surface area (Å²) in [5.41, 5.74) is 3.73. The van der Waals surface area contributed by atoms with Gasteiger partial charge in [0, 0.05) is 54.8 Å². The zero-order valence-electron chi connectivity index (χ0n) is 21.9. The van der Waals surface area contributed by atoms with Gasteiger partial charge >= 0.3 is 0 Å². The number of anilines is 4. The first-order valence-electron chi connectivity index (χ1n) is 12.6. The van der Waals surface area contributed by atoms with Crippen molar-refractivity contribution < 1.29 is 9.53 Å². The number of nitrogens with one attached hydrogen (secondary N) is 2. The predicted octanol–water partition coefficient (Wildman–Crippen LogP) is 6.27. The number of thiophene rings is 1. The Labute approximate surface area is 227 Å². The van der Waals surface area contributed by atoms with Crippen LogP contribution in [-0.4, -0.2) is 52.5 Å². The van der Waals surface area contributed by atoms with Crippen molar-refractivity contribution in [2.45, 2.75) is 26.3 Å². The molecule has 1 aliphatic heterocycles. The van der Waals surface area contributed by atoms with Crippen LogP contribution in [0.15, 0.2) is 72.6 Å². The Morgan fingerprint density at radius 1 is 1.03 bits per heavy atom. The fraction of sp³-hybridized carbons (Fsp3) is 0.276. The van der Waals surface area contributed by atoms with Crippen molar-refractivity contribution in [1.29, 1.82) is 0 Å². The Morgan fingerprint density at radius 3 is 2.50 bits per heavy atom. The topological polar surface area (TPSA) is 82.6 Å². The van der Waals surface area contributed by atoms with Gasteiger partial charge in [-0.1, -0.05) is 12.6 Å². The molecular formula is C29H32N6O2S. The van der Waals surface area contributed by atoms with Gasteiger partial charge in [-0.15, -0.1) is 11.3 Å². The van der Waals surface area contributed by atoms with Gasteiger partial charge in [0.25, 0.3) is 0 Å². The molecule has 0 spiro atoms. The first-order valence-corrected chi connectivity index (χ1v) is 13.5. The zero-order valence-corrected chi connectivity index (χ0v) is 22.7. The van der Waals surface area contributed by atoms with Gasteiger partial charge in [0.05, 0.1) is 5.52 Å². The lowest BCUT2D eigenvalue weighted by molar-refractivity contribution is -0.111. The number of benzene rings is 2. The van der Waals surface area contributed by atoms with Crippen molar-refractivity contribution in [3.63, 3.8) is 0 Å². The molecule has 1 fully saturated rings. The Balaban J connectivity index is 1.30. The number of carbonyl (C=O) groups excluding carboxylic acids is 1. The maximum atomic E-state index is 11.7. The van der Waals surface area contributed by atoms with E-state index in [2.05, 4.69) is 82.0 Å². The van der Waals surface area contributed by atoms with E-state index in [9.17, 15) is 4.79 Å². The molecule has 2 aromatic heterocycles. The maximum absolute atomic E-state index is 11.7. The second kappa shape index (κ2) is 10.8. The summed E-state index contributed by atoms with van der Waals surface area (Å²) in [6.07, 6.45) is 1.23. The third-order valence-corrected chi connectivity index (χ3v) is 7.38. The average molecular weight is 529 g/mol. The van der Waals surface area contributed by atoms with Gasteiger partial charge < -0.3 is 20.3 Å². The van der Waals surface area contributed by atoms with E-state index in [1.54, 1.807) is 12.1 Å². The van der Waals surface area contributed by atoms with E-state index >= 15 is 0 Å². The molecule has 1 amide bonds. The van der Waals surface area contributed by atoms with Crippen molar-refractivity contribution in [2.75, 3.05) is 41.7 Å². The molecule has 4 aromatic rings. The number of ether oxygens (including phenoxy) is 1. The molecule has 5 rings (SSSR count). The monoisotopic (exact) mass is 528 g/mol. The van der Waals surface area contributed by atoms with Crippen molar-refractivity contribution in [2.24, 2.45) is 0 Å². The molecule has 2 N–H and O–H groups in total. The van der Waals surface area contributed by atoms with Crippen LogP contribution in [-0.2, 0) is 4.79 Å². The van der Waals surface area contributed by atoms with Crippen LogP contribution in [0.4, 0.5) is 23.0 Å². The number of aromatic nitrogens is 2. The van der Waals surface area contributed by atoms with E-state index in [-0.39, 0.29) is 11.4 Å². The third-order valence-electron chi connectivity index (χ3n) is 6.49. The van der Waals surface area contributed by atoms with Gasteiger partial charge in [-0.25, -0.2) is 4.98 Å². The van der Waals surface area contributed by atoms with Gasteiger partial charge in [0.1, 0.15) is 10.4 Å². The number of nitrogens with zero attached hydrogens (tertiary/aromatic N) is 4. The second-order valence-corrected chi connectivity index (χ2v) is 11.0. The number of fused-ring (bicyclic) bond motifs is 1. The van der Waals surface area contributed by atoms with E-state index in [1.165, 1.54) is 23.1 Å². The minimum Gasteiger partial charge on any atom is -0.437 e. The molecule has 0 aliphatic carbocycles. The van der Waals surface area contributed by atoms with Gasteiger partial charge in [0.15, 0.2) is 0 Å². The molecular weight excluding hydrogens is 496 g/mol. The molecule has 196 valence electrons. The highest BCUT2D eigenvalue weighted by atomic mass is 32.1. The number of rotatable bonds is 7. The van der Waals surface area contributed by atoms with Gasteiger partial charge in [0.2, 0.25) is 17.7 Å². The summed E-state index contributed by atoms with van der Waals surface area (Å²) in [4.78, 5) is 26.0. The minimum atomic E-state index is -0.283. The summed E-state index contributed by atoms with van der Waals surface area (Å²) in [6.45, 7) is 14.5. The molecule has 38 heavy (non-hydrogen) atoms. The predicted molar refractivity (Wildman–Crippen MR) is 156 cm³/mol. The van der Waals surface area contributed by atoms with Crippen LogP contribution < -0.4 is 20.3 Å². The maximum Gasteiger partial charge on any atom is 0.247 e. The lowest BCUT2D eigenvalue weighted by atomic mass is 10.0. The Morgan fingerprint density at radius 2 is 1.79 bits per heavy atom. The second-order valence-electron chi connectivity index (χ2n) is 10.1. The Bertz CT molecular complexity index is 1440. The van der Waals surface area contributed by atoms with Gasteiger partial charge in [-0.05, 0) is 74.7 Å². The minimum absolute atomic E-state index is 0.205. The number of amides is 1. The van der Waals surface area contributed by atoms with Crippen LogP contribution in [0, 0.1) is 0 Å². The normalized spacial score (nSPS) is 14.3. The lowest BCUT2D eigenvalue weighted by Gasteiger charge is -2.43. The summed E-state index contributed by atoms with van der Waals surface area (Å²) in [6, 6.07) is 17.5. The van der Waals surface area contributed by atoms with Gasteiger partial charge in [-0.2, -0.15) is 4.98 Å². The third kappa shape index (κ3) is 5.95. The number of hydrogen-bond acceptors (Lipinski definition) is 8.